The minimum absolute atomic E-state index is 0.0930. The van der Waals surface area contributed by atoms with E-state index in [0.717, 1.165) is 49.8 Å². The maximum absolute atomic E-state index is 8.75. The minimum Gasteiger partial charge on any atom is -0.494 e. The molecular weight excluding hydrogens is 520 g/mol. The number of amidine groups is 1. The number of nitrogens with two attached hydrogens (primary N) is 1. The van der Waals surface area contributed by atoms with Crippen molar-refractivity contribution in [2.24, 2.45) is 16.8 Å². The van der Waals surface area contributed by atoms with Crippen LogP contribution in [0.5, 0.6) is 11.5 Å². The Morgan fingerprint density at radius 1 is 0.875 bits per heavy atom. The van der Waals surface area contributed by atoms with Crippen LogP contribution in [0.25, 0.3) is 11.3 Å². The van der Waals surface area contributed by atoms with Crippen LogP contribution in [0.15, 0.2) is 53.7 Å². The summed E-state index contributed by atoms with van der Waals surface area (Å²) in [6.45, 7) is 3.61. The molecule has 8 heteroatoms. The number of benzene rings is 2. The Kier molecular flexibility index (Phi) is 10.2. The van der Waals surface area contributed by atoms with Crippen molar-refractivity contribution in [3.05, 3.63) is 59.0 Å². The van der Waals surface area contributed by atoms with E-state index in [-0.39, 0.29) is 5.84 Å². The van der Waals surface area contributed by atoms with E-state index in [1.165, 1.54) is 72.6 Å². The summed E-state index contributed by atoms with van der Waals surface area (Å²) in [5, 5.41) is 13.0. The molecule has 1 aliphatic heterocycles. The first kappa shape index (κ1) is 28.3. The van der Waals surface area contributed by atoms with Crippen LogP contribution in [0.2, 0.25) is 0 Å². The van der Waals surface area contributed by atoms with Crippen molar-refractivity contribution in [1.82, 2.24) is 4.98 Å². The lowest BCUT2D eigenvalue weighted by Crippen LogP contribution is -2.29. The summed E-state index contributed by atoms with van der Waals surface area (Å²) < 4.78 is 11.8. The molecule has 0 bridgehead atoms. The molecule has 0 radical (unpaired) electrons. The molecule has 2 fully saturated rings. The summed E-state index contributed by atoms with van der Waals surface area (Å²) in [7, 11) is 0. The van der Waals surface area contributed by atoms with E-state index in [0.29, 0.717) is 18.8 Å². The van der Waals surface area contributed by atoms with E-state index in [2.05, 4.69) is 34.3 Å². The van der Waals surface area contributed by atoms with Crippen LogP contribution in [0, 0.1) is 5.92 Å². The molecule has 1 saturated carbocycles. The fourth-order valence-electron chi connectivity index (χ4n) is 5.65. The number of ether oxygens (including phenoxy) is 2. The van der Waals surface area contributed by atoms with Gasteiger partial charge in [0, 0.05) is 29.1 Å². The van der Waals surface area contributed by atoms with Gasteiger partial charge in [-0.05, 0) is 99.4 Å². The molecule has 5 rings (SSSR count). The molecule has 0 atom stereocenters. The van der Waals surface area contributed by atoms with Gasteiger partial charge in [-0.1, -0.05) is 30.8 Å². The van der Waals surface area contributed by atoms with Crippen LogP contribution in [0.4, 0.5) is 5.13 Å². The molecule has 40 heavy (non-hydrogen) atoms. The molecule has 2 aliphatic rings. The van der Waals surface area contributed by atoms with Gasteiger partial charge in [0.2, 0.25) is 0 Å². The highest BCUT2D eigenvalue weighted by Crippen LogP contribution is 2.39. The average molecular weight is 563 g/mol. The van der Waals surface area contributed by atoms with Crippen LogP contribution in [-0.2, 0) is 6.42 Å². The number of unbranched alkanes of at least 4 members (excludes halogenated alkanes) is 2. The summed E-state index contributed by atoms with van der Waals surface area (Å²) in [4.78, 5) is 9.15. The number of oxime groups is 1. The van der Waals surface area contributed by atoms with Crippen molar-refractivity contribution >= 4 is 22.3 Å². The lowest BCUT2D eigenvalue weighted by molar-refractivity contribution is 0.279. The summed E-state index contributed by atoms with van der Waals surface area (Å²) in [5.74, 6) is 2.60. The first-order chi connectivity index (χ1) is 19.7. The number of hydrogen-bond acceptors (Lipinski definition) is 7. The highest BCUT2D eigenvalue weighted by Gasteiger charge is 2.23. The third-order valence-electron chi connectivity index (χ3n) is 7.97. The van der Waals surface area contributed by atoms with Gasteiger partial charge >= 0.3 is 0 Å². The third kappa shape index (κ3) is 7.68. The van der Waals surface area contributed by atoms with Crippen LogP contribution in [0.1, 0.15) is 74.6 Å². The predicted molar refractivity (Wildman–Crippen MR) is 163 cm³/mol. The molecule has 0 unspecified atom stereocenters. The predicted octanol–water partition coefficient (Wildman–Crippen LogP) is 7.26. The average Bonchev–Trinajstić information content (AvgIpc) is 3.68. The highest BCUT2D eigenvalue weighted by molar-refractivity contribution is 7.16. The van der Waals surface area contributed by atoms with Crippen LogP contribution >= 0.6 is 11.3 Å². The normalized spacial score (nSPS) is 16.4. The number of thiazole rings is 1. The number of piperidine rings is 1. The Labute approximate surface area is 242 Å². The summed E-state index contributed by atoms with van der Waals surface area (Å²) in [5.41, 5.74) is 8.65. The second kappa shape index (κ2) is 14.4. The lowest BCUT2D eigenvalue weighted by Gasteiger charge is -2.25. The Morgan fingerprint density at radius 2 is 1.50 bits per heavy atom. The maximum Gasteiger partial charge on any atom is 0.186 e. The van der Waals surface area contributed by atoms with E-state index in [9.17, 15) is 0 Å². The van der Waals surface area contributed by atoms with E-state index in [1.807, 2.05) is 23.5 Å². The Balaban J connectivity index is 1.08. The first-order valence-electron chi connectivity index (χ1n) is 14.9. The lowest BCUT2D eigenvalue weighted by atomic mass is 10.0. The number of aromatic nitrogens is 1. The van der Waals surface area contributed by atoms with E-state index < -0.39 is 0 Å². The van der Waals surface area contributed by atoms with E-state index in [1.54, 1.807) is 12.1 Å². The molecule has 2 heterocycles. The number of anilines is 1. The molecular formula is C32H42N4O3S. The first-order valence-corrected chi connectivity index (χ1v) is 15.7. The fourth-order valence-corrected chi connectivity index (χ4v) is 6.90. The molecule has 2 aromatic carbocycles. The Hall–Kier alpha value is -3.26. The van der Waals surface area contributed by atoms with Gasteiger partial charge in [0.15, 0.2) is 11.0 Å². The molecule has 3 N–H and O–H groups in total. The topological polar surface area (TPSA) is 93.2 Å². The number of rotatable bonds is 13. The van der Waals surface area contributed by atoms with Gasteiger partial charge in [0.25, 0.3) is 0 Å². The van der Waals surface area contributed by atoms with Gasteiger partial charge in [-0.15, -0.1) is 11.3 Å². The van der Waals surface area contributed by atoms with Crippen molar-refractivity contribution in [3.63, 3.8) is 0 Å². The van der Waals surface area contributed by atoms with Gasteiger partial charge in [0.1, 0.15) is 11.5 Å². The summed E-state index contributed by atoms with van der Waals surface area (Å²) in [6.07, 6.45) is 13.5. The Bertz CT molecular complexity index is 1210. The van der Waals surface area contributed by atoms with E-state index >= 15 is 0 Å². The third-order valence-corrected chi connectivity index (χ3v) is 9.11. The molecule has 214 valence electrons. The van der Waals surface area contributed by atoms with Crippen molar-refractivity contribution in [2.45, 2.75) is 70.6 Å². The van der Waals surface area contributed by atoms with Crippen LogP contribution in [0.3, 0.4) is 0 Å². The molecule has 0 spiro atoms. The molecule has 3 aromatic rings. The van der Waals surface area contributed by atoms with Gasteiger partial charge in [-0.2, -0.15) is 0 Å². The SMILES string of the molecule is N/C(=N\O)c1ccc(OCCCCCOc2ccc(-c3nc(N4CCCCC4)sc3CC3CCCC3)cc2)cc1. The van der Waals surface area contributed by atoms with Crippen LogP contribution < -0.4 is 20.1 Å². The minimum atomic E-state index is 0.0930. The van der Waals surface area contributed by atoms with Crippen LogP contribution in [-0.4, -0.2) is 42.3 Å². The van der Waals surface area contributed by atoms with Gasteiger partial charge < -0.3 is 25.3 Å². The molecule has 0 amide bonds. The van der Waals surface area contributed by atoms with Crippen molar-refractivity contribution in [3.8, 4) is 22.8 Å². The quantitative estimate of drug-likeness (QED) is 0.0749. The van der Waals surface area contributed by atoms with Gasteiger partial charge in [-0.25, -0.2) is 4.98 Å². The number of hydrogen-bond donors (Lipinski definition) is 2. The largest absolute Gasteiger partial charge is 0.494 e. The second-order valence-electron chi connectivity index (χ2n) is 11.0. The zero-order valence-electron chi connectivity index (χ0n) is 23.4. The summed E-state index contributed by atoms with van der Waals surface area (Å²) in [6, 6.07) is 15.8. The fraction of sp³-hybridized carbons (Fsp3) is 0.500. The molecule has 1 saturated heterocycles. The van der Waals surface area contributed by atoms with Gasteiger partial charge in [-0.3, -0.25) is 0 Å². The monoisotopic (exact) mass is 562 g/mol. The number of nitrogens with zero attached hydrogens (tertiary/aromatic N) is 3. The molecule has 7 nitrogen and oxygen atoms in total. The highest BCUT2D eigenvalue weighted by atomic mass is 32.1. The zero-order valence-corrected chi connectivity index (χ0v) is 24.2. The second-order valence-corrected chi connectivity index (χ2v) is 12.0. The smallest absolute Gasteiger partial charge is 0.186 e. The van der Waals surface area contributed by atoms with Gasteiger partial charge in [0.05, 0.1) is 18.9 Å². The van der Waals surface area contributed by atoms with E-state index in [4.69, 9.17) is 25.4 Å². The standard InChI is InChI=1S/C32H42N4O3S/c33-31(35-37)26-13-17-28(18-14-26)39-22-8-2-7-21-38-27-15-11-25(12-16-27)30-29(23-24-9-3-4-10-24)40-32(34-30)36-19-5-1-6-20-36/h11-18,24,37H,1-10,19-23H2,(H2,33,35). The summed E-state index contributed by atoms with van der Waals surface area (Å²) >= 11 is 1.93. The maximum atomic E-state index is 8.75. The zero-order chi connectivity index (χ0) is 27.6. The molecule has 1 aliphatic carbocycles. The van der Waals surface area contributed by atoms with Crippen molar-refractivity contribution < 1.29 is 14.7 Å². The van der Waals surface area contributed by atoms with Crippen molar-refractivity contribution in [2.75, 3.05) is 31.2 Å². The molecule has 1 aromatic heterocycles. The Morgan fingerprint density at radius 3 is 2.12 bits per heavy atom. The van der Waals surface area contributed by atoms with Crippen molar-refractivity contribution in [1.29, 1.82) is 0 Å².